The van der Waals surface area contributed by atoms with Gasteiger partial charge in [-0.15, -0.1) is 0 Å². The van der Waals surface area contributed by atoms with E-state index in [0.717, 1.165) is 10.8 Å². The van der Waals surface area contributed by atoms with Crippen molar-refractivity contribution < 1.29 is 14.6 Å². The number of fused-ring (bicyclic) bond motifs is 1. The number of hydrogen-bond acceptors (Lipinski definition) is 4. The van der Waals surface area contributed by atoms with E-state index in [0.29, 0.717) is 21.9 Å². The average molecular weight is 328 g/mol. The summed E-state index contributed by atoms with van der Waals surface area (Å²) < 4.78 is 4.90. The molecule has 0 spiro atoms. The van der Waals surface area contributed by atoms with Crippen LogP contribution in [0, 0.1) is 0 Å². The van der Waals surface area contributed by atoms with Crippen molar-refractivity contribution >= 4 is 34.1 Å². The normalized spacial score (nSPS) is 17.7. The Morgan fingerprint density at radius 2 is 2.00 bits per heavy atom. The van der Waals surface area contributed by atoms with Crippen molar-refractivity contribution in [3.63, 3.8) is 0 Å². The lowest BCUT2D eigenvalue weighted by Gasteiger charge is -2.30. The van der Waals surface area contributed by atoms with Gasteiger partial charge in [-0.2, -0.15) is 0 Å². The highest BCUT2D eigenvalue weighted by molar-refractivity contribution is 7.80. The number of carbonyl (C=O) groups excluding carboxylic acids is 1. The first-order chi connectivity index (χ1) is 11.0. The summed E-state index contributed by atoms with van der Waals surface area (Å²) >= 11 is 5.21. The molecule has 0 saturated heterocycles. The van der Waals surface area contributed by atoms with Gasteiger partial charge in [-0.3, -0.25) is 0 Å². The predicted octanol–water partition coefficient (Wildman–Crippen LogP) is 2.51. The molecule has 5 nitrogen and oxygen atoms in total. The van der Waals surface area contributed by atoms with Crippen LogP contribution in [-0.4, -0.2) is 23.3 Å². The number of phenolic OH excluding ortho intramolecular Hbond substituents is 1. The zero-order valence-electron chi connectivity index (χ0n) is 12.7. The molecule has 1 atom stereocenters. The Balaban J connectivity index is 2.27. The number of carbonyl (C=O) groups is 1. The van der Waals surface area contributed by atoms with Gasteiger partial charge in [0.05, 0.1) is 18.7 Å². The third kappa shape index (κ3) is 2.61. The van der Waals surface area contributed by atoms with Gasteiger partial charge in [0.2, 0.25) is 0 Å². The molecule has 1 aliphatic heterocycles. The van der Waals surface area contributed by atoms with Crippen LogP contribution in [0.5, 0.6) is 5.75 Å². The lowest BCUT2D eigenvalue weighted by atomic mass is 9.91. The van der Waals surface area contributed by atoms with Crippen molar-refractivity contribution in [3.8, 4) is 5.75 Å². The summed E-state index contributed by atoms with van der Waals surface area (Å²) in [5.41, 5.74) is 1.61. The minimum absolute atomic E-state index is 0.0973. The standard InChI is InChI=1S/C17H16N2O3S/c1-9-13(16(21)22-2)15(19-17(23)18-9)14-11-6-4-3-5-10(11)7-8-12(14)20/h3-8,15,20H,1-2H3,(H2,18,19,23)/t15-/m1/s1. The van der Waals surface area contributed by atoms with E-state index >= 15 is 0 Å². The third-order valence-corrected chi connectivity index (χ3v) is 4.13. The molecule has 3 rings (SSSR count). The largest absolute Gasteiger partial charge is 0.508 e. The molecular weight excluding hydrogens is 312 g/mol. The van der Waals surface area contributed by atoms with Crippen LogP contribution >= 0.6 is 12.2 Å². The van der Waals surface area contributed by atoms with Crippen LogP contribution in [0.2, 0.25) is 0 Å². The van der Waals surface area contributed by atoms with Crippen LogP contribution in [0.1, 0.15) is 18.5 Å². The van der Waals surface area contributed by atoms with Gasteiger partial charge >= 0.3 is 5.97 Å². The van der Waals surface area contributed by atoms with Gasteiger partial charge in [0.15, 0.2) is 5.11 Å². The lowest BCUT2D eigenvalue weighted by Crippen LogP contribution is -2.45. The van der Waals surface area contributed by atoms with Crippen molar-refractivity contribution in [2.75, 3.05) is 7.11 Å². The maximum absolute atomic E-state index is 12.2. The number of rotatable bonds is 2. The molecule has 118 valence electrons. The Labute approximate surface area is 139 Å². The van der Waals surface area contributed by atoms with Gasteiger partial charge in [-0.1, -0.05) is 30.3 Å². The van der Waals surface area contributed by atoms with E-state index in [-0.39, 0.29) is 5.75 Å². The van der Waals surface area contributed by atoms with Crippen molar-refractivity contribution in [1.82, 2.24) is 10.6 Å². The first-order valence-corrected chi connectivity index (χ1v) is 7.51. The molecule has 0 aromatic heterocycles. The fourth-order valence-corrected chi connectivity index (χ4v) is 3.15. The Morgan fingerprint density at radius 1 is 1.26 bits per heavy atom. The van der Waals surface area contributed by atoms with Gasteiger partial charge in [0.1, 0.15) is 5.75 Å². The Morgan fingerprint density at radius 3 is 2.74 bits per heavy atom. The number of allylic oxidation sites excluding steroid dienone is 1. The van der Waals surface area contributed by atoms with E-state index in [1.54, 1.807) is 13.0 Å². The number of ether oxygens (including phenoxy) is 1. The molecule has 3 N–H and O–H groups in total. The van der Waals surface area contributed by atoms with Gasteiger partial charge in [0, 0.05) is 11.3 Å². The Kier molecular flexibility index (Phi) is 3.92. The number of thiocarbonyl (C=S) groups is 1. The molecule has 0 radical (unpaired) electrons. The van der Waals surface area contributed by atoms with Crippen LogP contribution in [0.4, 0.5) is 0 Å². The smallest absolute Gasteiger partial charge is 0.337 e. The number of esters is 1. The Bertz CT molecular complexity index is 845. The summed E-state index contributed by atoms with van der Waals surface area (Å²) in [6.07, 6.45) is 0. The molecule has 2 aromatic carbocycles. The molecule has 23 heavy (non-hydrogen) atoms. The first kappa shape index (κ1) is 15.3. The van der Waals surface area contributed by atoms with Crippen LogP contribution < -0.4 is 10.6 Å². The Hall–Kier alpha value is -2.60. The van der Waals surface area contributed by atoms with E-state index in [9.17, 15) is 9.90 Å². The van der Waals surface area contributed by atoms with E-state index in [4.69, 9.17) is 17.0 Å². The molecule has 1 aliphatic rings. The summed E-state index contributed by atoms with van der Waals surface area (Å²) in [6.45, 7) is 1.76. The average Bonchev–Trinajstić information content (AvgIpc) is 2.53. The molecule has 6 heteroatoms. The second kappa shape index (κ2) is 5.89. The summed E-state index contributed by atoms with van der Waals surface area (Å²) in [6, 6.07) is 10.5. The van der Waals surface area contributed by atoms with Gasteiger partial charge in [-0.05, 0) is 36.0 Å². The highest BCUT2D eigenvalue weighted by atomic mass is 32.1. The zero-order valence-corrected chi connectivity index (χ0v) is 13.5. The monoisotopic (exact) mass is 328 g/mol. The topological polar surface area (TPSA) is 70.6 Å². The van der Waals surface area contributed by atoms with E-state index < -0.39 is 12.0 Å². The predicted molar refractivity (Wildman–Crippen MR) is 91.9 cm³/mol. The van der Waals surface area contributed by atoms with Crippen LogP contribution in [0.25, 0.3) is 10.8 Å². The summed E-state index contributed by atoms with van der Waals surface area (Å²) in [7, 11) is 1.33. The fourth-order valence-electron chi connectivity index (χ4n) is 2.88. The number of hydrogen-bond donors (Lipinski definition) is 3. The van der Waals surface area contributed by atoms with Crippen LogP contribution in [-0.2, 0) is 9.53 Å². The number of aromatic hydroxyl groups is 1. The molecule has 0 fully saturated rings. The quantitative estimate of drug-likeness (QED) is 0.581. The van der Waals surface area contributed by atoms with E-state index in [2.05, 4.69) is 10.6 Å². The van der Waals surface area contributed by atoms with Gasteiger partial charge < -0.3 is 20.5 Å². The molecular formula is C17H16N2O3S. The third-order valence-electron chi connectivity index (χ3n) is 3.91. The van der Waals surface area contributed by atoms with Crippen LogP contribution in [0.15, 0.2) is 47.7 Å². The fraction of sp³-hybridized carbons (Fsp3) is 0.176. The van der Waals surface area contributed by atoms with Gasteiger partial charge in [0.25, 0.3) is 0 Å². The number of methoxy groups -OCH3 is 1. The van der Waals surface area contributed by atoms with Crippen LogP contribution in [0.3, 0.4) is 0 Å². The van der Waals surface area contributed by atoms with Crippen molar-refractivity contribution in [1.29, 1.82) is 0 Å². The summed E-state index contributed by atoms with van der Waals surface area (Å²) in [5, 5.41) is 18.6. The lowest BCUT2D eigenvalue weighted by molar-refractivity contribution is -0.136. The van der Waals surface area contributed by atoms with Crippen molar-refractivity contribution in [2.24, 2.45) is 0 Å². The second-order valence-corrected chi connectivity index (χ2v) is 5.69. The highest BCUT2D eigenvalue weighted by Crippen LogP contribution is 2.37. The molecule has 0 unspecified atom stereocenters. The molecule has 0 amide bonds. The second-order valence-electron chi connectivity index (χ2n) is 5.28. The SMILES string of the molecule is COC(=O)C1=C(C)NC(=S)N[C@H]1c1c(O)ccc2ccccc12. The molecule has 2 aromatic rings. The number of benzene rings is 2. The summed E-state index contributed by atoms with van der Waals surface area (Å²) in [4.78, 5) is 12.2. The first-order valence-electron chi connectivity index (χ1n) is 7.10. The maximum Gasteiger partial charge on any atom is 0.337 e. The minimum atomic E-state index is -0.581. The highest BCUT2D eigenvalue weighted by Gasteiger charge is 2.33. The van der Waals surface area contributed by atoms with Crippen molar-refractivity contribution in [3.05, 3.63) is 53.2 Å². The zero-order chi connectivity index (χ0) is 16.6. The van der Waals surface area contributed by atoms with E-state index in [1.165, 1.54) is 7.11 Å². The maximum atomic E-state index is 12.2. The number of nitrogens with one attached hydrogen (secondary N) is 2. The molecule has 1 heterocycles. The van der Waals surface area contributed by atoms with Gasteiger partial charge in [-0.25, -0.2) is 4.79 Å². The molecule has 0 aliphatic carbocycles. The number of phenols is 1. The van der Waals surface area contributed by atoms with Crippen molar-refractivity contribution in [2.45, 2.75) is 13.0 Å². The summed E-state index contributed by atoms with van der Waals surface area (Å²) in [5.74, 6) is -0.373. The minimum Gasteiger partial charge on any atom is -0.508 e. The molecule has 0 saturated carbocycles. The van der Waals surface area contributed by atoms with E-state index in [1.807, 2.05) is 30.3 Å². The molecule has 0 bridgehead atoms.